The molecule has 2 saturated heterocycles. The maximum atomic E-state index is 12.4. The molecule has 2 unspecified atom stereocenters. The van der Waals surface area contributed by atoms with Crippen LogP contribution in [-0.4, -0.2) is 85.0 Å². The molecule has 340 valence electrons. The Morgan fingerprint density at radius 1 is 0.636 bits per heavy atom. The minimum Gasteiger partial charge on any atom is -0.493 e. The molecule has 13 nitrogen and oxygen atoms in total. The molecule has 4 aromatic carbocycles. The van der Waals surface area contributed by atoms with Crippen molar-refractivity contribution in [3.63, 3.8) is 0 Å². The fourth-order valence-corrected chi connectivity index (χ4v) is 9.06. The summed E-state index contributed by atoms with van der Waals surface area (Å²) in [5, 5.41) is 23.2. The number of pyridine rings is 2. The SMILES string of the molecule is COC1COCCC1COc1ccc(C)c2nc(-c3oc4ccccc4c3C)cc(C(=O)O)c12.Cc1c(-c2cc(C(=O)O)c3c(OCC4CCOCC4)ccc(C)c3n2)oc2ccccc12. The number of aromatic carboxylic acids is 2. The quantitative estimate of drug-likeness (QED) is 0.126. The van der Waals surface area contributed by atoms with Crippen molar-refractivity contribution < 1.29 is 52.3 Å². The number of ether oxygens (including phenoxy) is 5. The lowest BCUT2D eigenvalue weighted by molar-refractivity contribution is -0.0753. The molecule has 0 saturated carbocycles. The number of carboxylic acid groups (broad SMARTS) is 2. The molecule has 2 N–H and O–H groups in total. The molecule has 10 rings (SSSR count). The zero-order valence-corrected chi connectivity index (χ0v) is 37.6. The summed E-state index contributed by atoms with van der Waals surface area (Å²) in [7, 11) is 1.67. The first-order valence-corrected chi connectivity index (χ1v) is 22.3. The summed E-state index contributed by atoms with van der Waals surface area (Å²) in [6.07, 6.45) is 2.67. The van der Waals surface area contributed by atoms with E-state index < -0.39 is 11.9 Å². The van der Waals surface area contributed by atoms with Crippen molar-refractivity contribution in [1.82, 2.24) is 9.97 Å². The molecule has 0 amide bonds. The number of hydrogen-bond donors (Lipinski definition) is 2. The lowest BCUT2D eigenvalue weighted by Crippen LogP contribution is -2.37. The third-order valence-corrected chi connectivity index (χ3v) is 12.9. The summed E-state index contributed by atoms with van der Waals surface area (Å²) in [6.45, 7) is 11.4. The summed E-state index contributed by atoms with van der Waals surface area (Å²) < 4.78 is 40.9. The number of para-hydroxylation sites is 2. The predicted octanol–water partition coefficient (Wildman–Crippen LogP) is 11.2. The van der Waals surface area contributed by atoms with E-state index in [0.29, 0.717) is 88.6 Å². The van der Waals surface area contributed by atoms with E-state index in [0.717, 1.165) is 76.7 Å². The smallest absolute Gasteiger partial charge is 0.336 e. The van der Waals surface area contributed by atoms with Crippen LogP contribution in [0.1, 0.15) is 62.2 Å². The molecule has 2 aliphatic heterocycles. The maximum Gasteiger partial charge on any atom is 0.336 e. The van der Waals surface area contributed by atoms with Crippen LogP contribution in [0, 0.1) is 39.5 Å². The Labute approximate surface area is 381 Å². The van der Waals surface area contributed by atoms with Crippen LogP contribution >= 0.6 is 0 Å². The van der Waals surface area contributed by atoms with Crippen LogP contribution in [0.2, 0.25) is 0 Å². The first-order valence-electron chi connectivity index (χ1n) is 22.3. The van der Waals surface area contributed by atoms with E-state index in [4.69, 9.17) is 42.5 Å². The normalized spacial score (nSPS) is 16.7. The lowest BCUT2D eigenvalue weighted by atomic mass is 9.98. The van der Waals surface area contributed by atoms with E-state index in [1.54, 1.807) is 19.2 Å². The van der Waals surface area contributed by atoms with Crippen molar-refractivity contribution in [2.45, 2.75) is 53.1 Å². The third-order valence-electron chi connectivity index (χ3n) is 12.9. The van der Waals surface area contributed by atoms with Gasteiger partial charge in [0.2, 0.25) is 0 Å². The van der Waals surface area contributed by atoms with E-state index >= 15 is 0 Å². The first-order chi connectivity index (χ1) is 32.0. The van der Waals surface area contributed by atoms with Gasteiger partial charge in [-0.1, -0.05) is 48.5 Å². The average molecular weight is 893 g/mol. The molecule has 0 aliphatic carbocycles. The standard InChI is InChI=1S/C27H27NO6.C26H25NO5/c1-15-8-9-22(33-13-17-10-11-32-14-23(17)31-3)24-19(27(29)30)12-20(28-25(15)24)26-16(2)18-6-4-5-7-21(18)34-26;1-15-7-8-22(31-14-17-9-11-30-12-10-17)23-19(26(28)29)13-20(27-24(15)23)25-16(2)18-5-3-4-6-21(18)32-25/h4-9,12,17,23H,10-11,13-14H2,1-3H3,(H,29,30);3-8,13,17H,9-12,14H2,1-2H3,(H,28,29). The van der Waals surface area contributed by atoms with Gasteiger partial charge in [-0.05, 0) is 100 Å². The average Bonchev–Trinajstić information content (AvgIpc) is 3.86. The van der Waals surface area contributed by atoms with Crippen molar-refractivity contribution in [2.24, 2.45) is 11.8 Å². The largest absolute Gasteiger partial charge is 0.493 e. The Morgan fingerprint density at radius 2 is 1.12 bits per heavy atom. The van der Waals surface area contributed by atoms with Crippen molar-refractivity contribution in [3.05, 3.63) is 118 Å². The van der Waals surface area contributed by atoms with Gasteiger partial charge in [-0.2, -0.15) is 0 Å². The summed E-state index contributed by atoms with van der Waals surface area (Å²) in [4.78, 5) is 34.4. The molecular weight excluding hydrogens is 841 g/mol. The van der Waals surface area contributed by atoms with Crippen LogP contribution < -0.4 is 9.47 Å². The van der Waals surface area contributed by atoms with Crippen LogP contribution in [0.15, 0.2) is 93.8 Å². The number of aryl methyl sites for hydroxylation is 4. The number of rotatable bonds is 11. The number of hydrogen-bond acceptors (Lipinski definition) is 11. The molecule has 0 spiro atoms. The van der Waals surface area contributed by atoms with Gasteiger partial charge in [0, 0.05) is 54.7 Å². The van der Waals surface area contributed by atoms with Gasteiger partial charge in [0.05, 0.1) is 58.9 Å². The highest BCUT2D eigenvalue weighted by atomic mass is 16.5. The van der Waals surface area contributed by atoms with Crippen LogP contribution in [0.5, 0.6) is 11.5 Å². The molecule has 4 aromatic heterocycles. The molecular formula is C53H52N2O11. The molecule has 0 radical (unpaired) electrons. The van der Waals surface area contributed by atoms with Gasteiger partial charge in [-0.25, -0.2) is 19.6 Å². The van der Waals surface area contributed by atoms with Crippen LogP contribution in [-0.2, 0) is 14.2 Å². The van der Waals surface area contributed by atoms with Gasteiger partial charge in [-0.15, -0.1) is 0 Å². The predicted molar refractivity (Wildman–Crippen MR) is 251 cm³/mol. The molecule has 8 aromatic rings. The van der Waals surface area contributed by atoms with Gasteiger partial charge in [0.1, 0.15) is 34.1 Å². The number of methoxy groups -OCH3 is 1. The van der Waals surface area contributed by atoms with Crippen LogP contribution in [0.25, 0.3) is 66.7 Å². The minimum absolute atomic E-state index is 0.0507. The highest BCUT2D eigenvalue weighted by Gasteiger charge is 2.28. The lowest BCUT2D eigenvalue weighted by Gasteiger charge is -2.30. The van der Waals surface area contributed by atoms with Crippen LogP contribution in [0.4, 0.5) is 0 Å². The number of nitrogens with zero attached hydrogens (tertiary/aromatic N) is 2. The zero-order chi connectivity index (χ0) is 46.1. The molecule has 2 aliphatic rings. The monoisotopic (exact) mass is 892 g/mol. The molecule has 6 heterocycles. The Morgan fingerprint density at radius 3 is 1.61 bits per heavy atom. The third kappa shape index (κ3) is 8.69. The topological polar surface area (TPSA) is 173 Å². The molecule has 0 bridgehead atoms. The van der Waals surface area contributed by atoms with Gasteiger partial charge >= 0.3 is 11.9 Å². The fraction of sp³-hybridized carbons (Fsp3) is 0.321. The number of fused-ring (bicyclic) bond motifs is 4. The minimum atomic E-state index is -1.04. The van der Waals surface area contributed by atoms with Crippen LogP contribution in [0.3, 0.4) is 0 Å². The Bertz CT molecular complexity index is 3110. The second-order valence-electron chi connectivity index (χ2n) is 17.1. The van der Waals surface area contributed by atoms with E-state index in [-0.39, 0.29) is 23.1 Å². The fourth-order valence-electron chi connectivity index (χ4n) is 9.06. The summed E-state index contributed by atoms with van der Waals surface area (Å²) in [5.74, 6) is 0.708. The van der Waals surface area contributed by atoms with Gasteiger partial charge in [0.15, 0.2) is 11.5 Å². The van der Waals surface area contributed by atoms with E-state index in [1.165, 1.54) is 0 Å². The van der Waals surface area contributed by atoms with Gasteiger partial charge in [-0.3, -0.25) is 0 Å². The van der Waals surface area contributed by atoms with E-state index in [9.17, 15) is 19.8 Å². The number of furan rings is 2. The summed E-state index contributed by atoms with van der Waals surface area (Å²) >= 11 is 0. The number of carbonyl (C=O) groups is 2. The Balaban J connectivity index is 0.000000166. The van der Waals surface area contributed by atoms with Gasteiger partial charge < -0.3 is 42.7 Å². The maximum absolute atomic E-state index is 12.4. The van der Waals surface area contributed by atoms with E-state index in [1.807, 2.05) is 100 Å². The van der Waals surface area contributed by atoms with Crippen molar-refractivity contribution >= 4 is 55.7 Å². The van der Waals surface area contributed by atoms with Crippen molar-refractivity contribution in [2.75, 3.05) is 46.8 Å². The van der Waals surface area contributed by atoms with Crippen molar-refractivity contribution in [3.8, 4) is 34.4 Å². The summed E-state index contributed by atoms with van der Waals surface area (Å²) in [6, 6.07) is 26.2. The number of carboxylic acids is 2. The second kappa shape index (κ2) is 19.0. The second-order valence-corrected chi connectivity index (χ2v) is 17.1. The van der Waals surface area contributed by atoms with Gasteiger partial charge in [0.25, 0.3) is 0 Å². The number of aromatic nitrogens is 2. The zero-order valence-electron chi connectivity index (χ0n) is 37.6. The highest BCUT2D eigenvalue weighted by molar-refractivity contribution is 6.08. The summed E-state index contributed by atoms with van der Waals surface area (Å²) in [5.41, 5.74) is 7.60. The molecule has 66 heavy (non-hydrogen) atoms. The van der Waals surface area contributed by atoms with Crippen molar-refractivity contribution in [1.29, 1.82) is 0 Å². The molecule has 2 fully saturated rings. The Hall–Kier alpha value is -6.80. The molecule has 2 atom stereocenters. The highest BCUT2D eigenvalue weighted by Crippen LogP contribution is 2.40. The Kier molecular flexibility index (Phi) is 12.8. The molecule has 13 heteroatoms. The first kappa shape index (κ1) is 44.4. The van der Waals surface area contributed by atoms with E-state index in [2.05, 4.69) is 0 Å². The number of benzene rings is 4.